The molecular formula is C11H18N2O4. The van der Waals surface area contributed by atoms with Crippen LogP contribution >= 0.6 is 0 Å². The summed E-state index contributed by atoms with van der Waals surface area (Å²) >= 11 is 0. The van der Waals surface area contributed by atoms with Crippen molar-refractivity contribution >= 4 is 11.9 Å². The third-order valence-electron chi connectivity index (χ3n) is 3.71. The number of rotatable bonds is 2. The molecule has 0 aromatic carbocycles. The van der Waals surface area contributed by atoms with Gasteiger partial charge in [0.25, 0.3) is 0 Å². The van der Waals surface area contributed by atoms with Gasteiger partial charge in [0.1, 0.15) is 6.04 Å². The first-order chi connectivity index (χ1) is 7.94. The van der Waals surface area contributed by atoms with E-state index in [9.17, 15) is 14.7 Å². The number of hydrogen-bond donors (Lipinski definition) is 3. The average Bonchev–Trinajstić information content (AvgIpc) is 2.84. The highest BCUT2D eigenvalue weighted by atomic mass is 16.4. The van der Waals surface area contributed by atoms with Gasteiger partial charge in [0.2, 0.25) is 5.91 Å². The number of likely N-dealkylation sites (tertiary alicyclic amines) is 1. The monoisotopic (exact) mass is 242 g/mol. The maximum atomic E-state index is 12.3. The third kappa shape index (κ3) is 2.14. The highest BCUT2D eigenvalue weighted by molar-refractivity contribution is 5.88. The van der Waals surface area contributed by atoms with E-state index >= 15 is 0 Å². The molecule has 0 aliphatic carbocycles. The quantitative estimate of drug-likeness (QED) is 0.580. The summed E-state index contributed by atoms with van der Waals surface area (Å²) in [5.74, 6) is -1.20. The first kappa shape index (κ1) is 12.3. The molecule has 1 amide bonds. The minimum atomic E-state index is -1.04. The fraction of sp³-hybridized carbons (Fsp3) is 0.818. The van der Waals surface area contributed by atoms with E-state index < -0.39 is 23.5 Å². The van der Waals surface area contributed by atoms with Crippen molar-refractivity contribution in [3.05, 3.63) is 0 Å². The first-order valence-electron chi connectivity index (χ1n) is 5.87. The normalized spacial score (nSPS) is 37.4. The Morgan fingerprint density at radius 1 is 1.47 bits per heavy atom. The lowest BCUT2D eigenvalue weighted by Crippen LogP contribution is -2.48. The van der Waals surface area contributed by atoms with Crippen LogP contribution < -0.4 is 5.32 Å². The summed E-state index contributed by atoms with van der Waals surface area (Å²) in [6.45, 7) is 3.32. The molecule has 0 aromatic rings. The summed E-state index contributed by atoms with van der Waals surface area (Å²) in [6, 6.07) is -0.880. The van der Waals surface area contributed by atoms with Gasteiger partial charge in [-0.1, -0.05) is 0 Å². The molecule has 3 atom stereocenters. The molecule has 2 aliphatic heterocycles. The second-order valence-corrected chi connectivity index (χ2v) is 5.19. The molecule has 0 saturated carbocycles. The molecule has 2 saturated heterocycles. The molecule has 2 fully saturated rings. The van der Waals surface area contributed by atoms with Crippen LogP contribution in [0.25, 0.3) is 0 Å². The zero-order valence-electron chi connectivity index (χ0n) is 9.85. The van der Waals surface area contributed by atoms with E-state index in [1.165, 1.54) is 4.90 Å². The summed E-state index contributed by atoms with van der Waals surface area (Å²) in [7, 11) is 0. The Morgan fingerprint density at radius 2 is 2.18 bits per heavy atom. The summed E-state index contributed by atoms with van der Waals surface area (Å²) in [5.41, 5.74) is -0.530. The van der Waals surface area contributed by atoms with Crippen molar-refractivity contribution in [1.29, 1.82) is 0 Å². The molecule has 17 heavy (non-hydrogen) atoms. The van der Waals surface area contributed by atoms with Gasteiger partial charge in [0.05, 0.1) is 11.5 Å². The zero-order chi connectivity index (χ0) is 12.6. The van der Waals surface area contributed by atoms with Crippen molar-refractivity contribution in [2.75, 3.05) is 19.6 Å². The SMILES string of the molecule is CC1(C(=O)N2C[C@H](O)C[C@@H]2C(=O)O)CCNC1. The Hall–Kier alpha value is -1.14. The summed E-state index contributed by atoms with van der Waals surface area (Å²) in [4.78, 5) is 24.7. The van der Waals surface area contributed by atoms with Crippen LogP contribution in [0.3, 0.4) is 0 Å². The molecule has 2 heterocycles. The van der Waals surface area contributed by atoms with Crippen LogP contribution in [-0.2, 0) is 9.59 Å². The predicted octanol–water partition coefficient (Wildman–Crippen LogP) is -0.968. The van der Waals surface area contributed by atoms with E-state index in [0.717, 1.165) is 6.54 Å². The Balaban J connectivity index is 2.15. The molecule has 0 spiro atoms. The minimum absolute atomic E-state index is 0.130. The van der Waals surface area contributed by atoms with Crippen molar-refractivity contribution in [2.24, 2.45) is 5.41 Å². The Labute approximate surface area is 99.6 Å². The smallest absolute Gasteiger partial charge is 0.326 e. The van der Waals surface area contributed by atoms with E-state index in [-0.39, 0.29) is 18.9 Å². The van der Waals surface area contributed by atoms with E-state index in [2.05, 4.69) is 5.32 Å². The van der Waals surface area contributed by atoms with Crippen LogP contribution in [-0.4, -0.2) is 58.8 Å². The van der Waals surface area contributed by atoms with E-state index in [0.29, 0.717) is 13.0 Å². The summed E-state index contributed by atoms with van der Waals surface area (Å²) in [6.07, 6.45) is 0.119. The van der Waals surface area contributed by atoms with Gasteiger partial charge < -0.3 is 20.4 Å². The second kappa shape index (κ2) is 4.27. The number of carbonyl (C=O) groups excluding carboxylic acids is 1. The lowest BCUT2D eigenvalue weighted by atomic mass is 9.88. The second-order valence-electron chi connectivity index (χ2n) is 5.19. The molecule has 0 bridgehead atoms. The number of β-amino-alcohol motifs (C(OH)–C–C–N with tert-alkyl or cyclic N) is 1. The molecule has 6 nitrogen and oxygen atoms in total. The first-order valence-corrected chi connectivity index (χ1v) is 5.87. The van der Waals surface area contributed by atoms with Crippen molar-refractivity contribution < 1.29 is 19.8 Å². The minimum Gasteiger partial charge on any atom is -0.480 e. The third-order valence-corrected chi connectivity index (χ3v) is 3.71. The molecule has 0 aromatic heterocycles. The largest absolute Gasteiger partial charge is 0.480 e. The van der Waals surface area contributed by atoms with Crippen LogP contribution in [0.4, 0.5) is 0 Å². The van der Waals surface area contributed by atoms with Crippen molar-refractivity contribution in [3.63, 3.8) is 0 Å². The van der Waals surface area contributed by atoms with Crippen LogP contribution in [0.2, 0.25) is 0 Å². The van der Waals surface area contributed by atoms with Gasteiger partial charge in [0, 0.05) is 19.5 Å². The fourth-order valence-electron chi connectivity index (χ4n) is 2.62. The molecule has 0 radical (unpaired) electrons. The number of hydrogen-bond acceptors (Lipinski definition) is 4. The Kier molecular flexibility index (Phi) is 3.09. The average molecular weight is 242 g/mol. The Bertz CT molecular complexity index is 338. The Morgan fingerprint density at radius 3 is 2.71 bits per heavy atom. The highest BCUT2D eigenvalue weighted by Gasteiger charge is 2.46. The van der Waals surface area contributed by atoms with E-state index in [4.69, 9.17) is 5.11 Å². The number of aliphatic carboxylic acids is 1. The number of aliphatic hydroxyl groups is 1. The molecule has 6 heteroatoms. The number of carboxylic acid groups (broad SMARTS) is 1. The number of nitrogens with one attached hydrogen (secondary N) is 1. The standard InChI is InChI=1S/C11H18N2O4/c1-11(2-3-12-6-11)10(17)13-5-7(14)4-8(13)9(15)16/h7-8,12,14H,2-6H2,1H3,(H,15,16)/t7-,8-,11?/m1/s1. The van der Waals surface area contributed by atoms with Crippen molar-refractivity contribution in [3.8, 4) is 0 Å². The molecule has 1 unspecified atom stereocenters. The maximum Gasteiger partial charge on any atom is 0.326 e. The fourth-order valence-corrected chi connectivity index (χ4v) is 2.62. The topological polar surface area (TPSA) is 89.9 Å². The molecule has 3 N–H and O–H groups in total. The number of nitrogens with zero attached hydrogens (tertiary/aromatic N) is 1. The number of carboxylic acids is 1. The van der Waals surface area contributed by atoms with Gasteiger partial charge in [0.15, 0.2) is 0 Å². The molecular weight excluding hydrogens is 224 g/mol. The number of amides is 1. The zero-order valence-corrected chi connectivity index (χ0v) is 9.85. The van der Waals surface area contributed by atoms with Crippen LogP contribution in [0.15, 0.2) is 0 Å². The van der Waals surface area contributed by atoms with Crippen LogP contribution in [0, 0.1) is 5.41 Å². The highest BCUT2D eigenvalue weighted by Crippen LogP contribution is 2.31. The summed E-state index contributed by atoms with van der Waals surface area (Å²) < 4.78 is 0. The van der Waals surface area contributed by atoms with Gasteiger partial charge in [-0.15, -0.1) is 0 Å². The number of aliphatic hydroxyl groups excluding tert-OH is 1. The van der Waals surface area contributed by atoms with Crippen LogP contribution in [0.5, 0.6) is 0 Å². The van der Waals surface area contributed by atoms with Gasteiger partial charge in [-0.2, -0.15) is 0 Å². The van der Waals surface area contributed by atoms with Gasteiger partial charge in [-0.05, 0) is 19.9 Å². The maximum absolute atomic E-state index is 12.3. The number of carbonyl (C=O) groups is 2. The van der Waals surface area contributed by atoms with Gasteiger partial charge in [-0.25, -0.2) is 4.79 Å². The molecule has 2 aliphatic rings. The predicted molar refractivity (Wildman–Crippen MR) is 59.4 cm³/mol. The lowest BCUT2D eigenvalue weighted by Gasteiger charge is -2.30. The van der Waals surface area contributed by atoms with Gasteiger partial charge >= 0.3 is 5.97 Å². The lowest BCUT2D eigenvalue weighted by molar-refractivity contribution is -0.152. The van der Waals surface area contributed by atoms with E-state index in [1.807, 2.05) is 6.92 Å². The molecule has 2 rings (SSSR count). The van der Waals surface area contributed by atoms with Crippen molar-refractivity contribution in [2.45, 2.75) is 31.9 Å². The van der Waals surface area contributed by atoms with Crippen LogP contribution in [0.1, 0.15) is 19.8 Å². The molecule has 96 valence electrons. The van der Waals surface area contributed by atoms with E-state index in [1.54, 1.807) is 0 Å². The van der Waals surface area contributed by atoms with Crippen molar-refractivity contribution in [1.82, 2.24) is 10.2 Å². The summed E-state index contributed by atoms with van der Waals surface area (Å²) in [5, 5.41) is 21.7. The van der Waals surface area contributed by atoms with Gasteiger partial charge in [-0.3, -0.25) is 4.79 Å².